The number of carbonyl (C=O) groups excluding carboxylic acids is 3. The molecule has 0 saturated carbocycles. The van der Waals surface area contributed by atoms with Crippen LogP contribution in [0.1, 0.15) is 27.7 Å². The monoisotopic (exact) mass is 260 g/mol. The summed E-state index contributed by atoms with van der Waals surface area (Å²) in [6, 6.07) is -0.978. The highest BCUT2D eigenvalue weighted by atomic mass is 16.6. The molecule has 0 bridgehead atoms. The van der Waals surface area contributed by atoms with E-state index < -0.39 is 23.7 Å². The molecule has 0 heterocycles. The molecule has 2 amide bonds. The van der Waals surface area contributed by atoms with E-state index in [9.17, 15) is 14.4 Å². The van der Waals surface area contributed by atoms with Gasteiger partial charge in [-0.25, -0.2) is 9.59 Å². The molecule has 18 heavy (non-hydrogen) atoms. The van der Waals surface area contributed by atoms with Crippen LogP contribution >= 0.6 is 0 Å². The van der Waals surface area contributed by atoms with Crippen molar-refractivity contribution in [2.75, 3.05) is 13.7 Å². The van der Waals surface area contributed by atoms with Gasteiger partial charge < -0.3 is 20.1 Å². The fourth-order valence-electron chi connectivity index (χ4n) is 1.03. The van der Waals surface area contributed by atoms with E-state index >= 15 is 0 Å². The number of hydrogen-bond acceptors (Lipinski definition) is 5. The minimum Gasteiger partial charge on any atom is -0.467 e. The van der Waals surface area contributed by atoms with E-state index in [1.54, 1.807) is 20.8 Å². The predicted octanol–water partition coefficient (Wildman–Crippen LogP) is 0.189. The zero-order chi connectivity index (χ0) is 14.3. The number of alkyl carbamates (subject to hydrolysis) is 1. The number of carbonyl (C=O) groups is 3. The normalized spacial score (nSPS) is 12.3. The molecule has 0 rings (SSSR count). The first-order chi connectivity index (χ1) is 8.15. The number of methoxy groups -OCH3 is 1. The van der Waals surface area contributed by atoms with Crippen LogP contribution in [0.4, 0.5) is 4.79 Å². The second-order valence-electron chi connectivity index (χ2n) is 4.66. The Morgan fingerprint density at radius 1 is 1.22 bits per heavy atom. The third-order valence-corrected chi connectivity index (χ3v) is 1.73. The maximum absolute atomic E-state index is 11.5. The van der Waals surface area contributed by atoms with E-state index in [1.165, 1.54) is 14.0 Å². The molecule has 7 heteroatoms. The summed E-state index contributed by atoms with van der Waals surface area (Å²) in [5.41, 5.74) is -0.668. The molecule has 0 aliphatic heterocycles. The van der Waals surface area contributed by atoms with E-state index in [4.69, 9.17) is 4.74 Å². The predicted molar refractivity (Wildman–Crippen MR) is 63.9 cm³/mol. The molecule has 0 aromatic heterocycles. The minimum atomic E-state index is -0.978. The third-order valence-electron chi connectivity index (χ3n) is 1.73. The Labute approximate surface area is 106 Å². The molecule has 0 radical (unpaired) electrons. The molecule has 7 nitrogen and oxygen atoms in total. The zero-order valence-electron chi connectivity index (χ0n) is 11.3. The Bertz CT molecular complexity index is 322. The second-order valence-corrected chi connectivity index (χ2v) is 4.66. The average molecular weight is 260 g/mol. The van der Waals surface area contributed by atoms with Crippen molar-refractivity contribution in [3.63, 3.8) is 0 Å². The molecular formula is C11H20N2O5. The fourth-order valence-corrected chi connectivity index (χ4v) is 1.03. The van der Waals surface area contributed by atoms with Crippen LogP contribution < -0.4 is 10.6 Å². The summed E-state index contributed by atoms with van der Waals surface area (Å²) < 4.78 is 9.51. The third kappa shape index (κ3) is 7.48. The summed E-state index contributed by atoms with van der Waals surface area (Å²) in [7, 11) is 1.19. The largest absolute Gasteiger partial charge is 0.467 e. The van der Waals surface area contributed by atoms with Gasteiger partial charge in [0.15, 0.2) is 0 Å². The van der Waals surface area contributed by atoms with Crippen LogP contribution in [-0.4, -0.2) is 43.3 Å². The van der Waals surface area contributed by atoms with Gasteiger partial charge in [0.1, 0.15) is 11.6 Å². The van der Waals surface area contributed by atoms with Crippen molar-refractivity contribution in [3.05, 3.63) is 0 Å². The smallest absolute Gasteiger partial charge is 0.408 e. The van der Waals surface area contributed by atoms with Crippen molar-refractivity contribution in [1.82, 2.24) is 10.6 Å². The minimum absolute atomic E-state index is 0.0543. The van der Waals surface area contributed by atoms with Crippen molar-refractivity contribution < 1.29 is 23.9 Å². The second kappa shape index (κ2) is 6.83. The van der Waals surface area contributed by atoms with Crippen molar-refractivity contribution in [3.8, 4) is 0 Å². The van der Waals surface area contributed by atoms with Gasteiger partial charge in [-0.2, -0.15) is 0 Å². The Morgan fingerprint density at radius 3 is 2.17 bits per heavy atom. The van der Waals surface area contributed by atoms with Crippen LogP contribution in [0, 0.1) is 0 Å². The lowest BCUT2D eigenvalue weighted by Crippen LogP contribution is -2.49. The molecule has 0 fully saturated rings. The number of amides is 2. The molecule has 1 atom stereocenters. The highest BCUT2D eigenvalue weighted by Crippen LogP contribution is 2.06. The molecule has 0 saturated heterocycles. The summed E-state index contributed by atoms with van der Waals surface area (Å²) in [4.78, 5) is 33.6. The summed E-state index contributed by atoms with van der Waals surface area (Å²) in [5, 5.41) is 4.75. The van der Waals surface area contributed by atoms with Gasteiger partial charge in [-0.05, 0) is 20.8 Å². The number of hydrogen-bond donors (Lipinski definition) is 2. The molecule has 104 valence electrons. The standard InChI is InChI=1S/C11H20N2O5/c1-7(14)12-6-8(9(15)17-5)13-10(16)18-11(2,3)4/h8H,6H2,1-5H3,(H,12,14)(H,13,16). The van der Waals surface area contributed by atoms with Gasteiger partial charge in [0.25, 0.3) is 0 Å². The number of nitrogens with one attached hydrogen (secondary N) is 2. The SMILES string of the molecule is COC(=O)C(CNC(C)=O)NC(=O)OC(C)(C)C. The van der Waals surface area contributed by atoms with Crippen molar-refractivity contribution in [1.29, 1.82) is 0 Å². The first-order valence-electron chi connectivity index (χ1n) is 5.47. The van der Waals surface area contributed by atoms with Crippen LogP contribution in [0.25, 0.3) is 0 Å². The topological polar surface area (TPSA) is 93.7 Å². The van der Waals surface area contributed by atoms with Crippen molar-refractivity contribution in [2.24, 2.45) is 0 Å². The zero-order valence-corrected chi connectivity index (χ0v) is 11.3. The maximum Gasteiger partial charge on any atom is 0.408 e. The molecule has 0 aliphatic rings. The highest BCUT2D eigenvalue weighted by molar-refractivity contribution is 5.82. The van der Waals surface area contributed by atoms with Gasteiger partial charge in [-0.3, -0.25) is 4.79 Å². The van der Waals surface area contributed by atoms with Crippen LogP contribution in [0.3, 0.4) is 0 Å². The quantitative estimate of drug-likeness (QED) is 0.704. The van der Waals surface area contributed by atoms with E-state index in [2.05, 4.69) is 15.4 Å². The van der Waals surface area contributed by atoms with Gasteiger partial charge in [-0.1, -0.05) is 0 Å². The number of ether oxygens (including phenoxy) is 2. The lowest BCUT2D eigenvalue weighted by Gasteiger charge is -2.22. The average Bonchev–Trinajstić information content (AvgIpc) is 2.20. The number of esters is 1. The summed E-state index contributed by atoms with van der Waals surface area (Å²) >= 11 is 0. The highest BCUT2D eigenvalue weighted by Gasteiger charge is 2.24. The van der Waals surface area contributed by atoms with Crippen LogP contribution in [0.15, 0.2) is 0 Å². The first-order valence-corrected chi connectivity index (χ1v) is 5.47. The Balaban J connectivity index is 4.45. The molecule has 0 spiro atoms. The van der Waals surface area contributed by atoms with E-state index in [1.807, 2.05) is 0 Å². The first kappa shape index (κ1) is 16.2. The van der Waals surface area contributed by atoms with E-state index in [-0.39, 0.29) is 12.5 Å². The van der Waals surface area contributed by atoms with Gasteiger partial charge in [-0.15, -0.1) is 0 Å². The van der Waals surface area contributed by atoms with Crippen LogP contribution in [0.2, 0.25) is 0 Å². The van der Waals surface area contributed by atoms with Crippen molar-refractivity contribution in [2.45, 2.75) is 39.3 Å². The van der Waals surface area contributed by atoms with Gasteiger partial charge in [0.05, 0.1) is 7.11 Å². The Kier molecular flexibility index (Phi) is 6.15. The Hall–Kier alpha value is -1.79. The van der Waals surface area contributed by atoms with Crippen LogP contribution in [-0.2, 0) is 19.1 Å². The summed E-state index contributed by atoms with van der Waals surface area (Å²) in [6.45, 7) is 6.36. The lowest BCUT2D eigenvalue weighted by molar-refractivity contribution is -0.143. The molecule has 2 N–H and O–H groups in total. The maximum atomic E-state index is 11.5. The van der Waals surface area contributed by atoms with Crippen LogP contribution in [0.5, 0.6) is 0 Å². The number of rotatable bonds is 4. The Morgan fingerprint density at radius 2 is 1.78 bits per heavy atom. The summed E-state index contributed by atoms with van der Waals surface area (Å²) in [6.07, 6.45) is -0.747. The molecular weight excluding hydrogens is 240 g/mol. The van der Waals surface area contributed by atoms with E-state index in [0.717, 1.165) is 0 Å². The molecule has 0 aliphatic carbocycles. The van der Waals surface area contributed by atoms with Gasteiger partial charge >= 0.3 is 12.1 Å². The van der Waals surface area contributed by atoms with Gasteiger partial charge in [0, 0.05) is 13.5 Å². The lowest BCUT2D eigenvalue weighted by atomic mass is 10.2. The summed E-state index contributed by atoms with van der Waals surface area (Å²) in [5.74, 6) is -0.968. The molecule has 0 aromatic rings. The van der Waals surface area contributed by atoms with Crippen molar-refractivity contribution >= 4 is 18.0 Å². The molecule has 0 aromatic carbocycles. The molecule has 1 unspecified atom stereocenters. The van der Waals surface area contributed by atoms with Gasteiger partial charge in [0.2, 0.25) is 5.91 Å². The fraction of sp³-hybridized carbons (Fsp3) is 0.727. The van der Waals surface area contributed by atoms with E-state index in [0.29, 0.717) is 0 Å².